The largest absolute Gasteiger partial charge is 0.494 e. The van der Waals surface area contributed by atoms with E-state index in [4.69, 9.17) is 4.74 Å². The Bertz CT molecular complexity index is 850. The molecule has 2 N–H and O–H groups in total. The Morgan fingerprint density at radius 3 is 2.62 bits per heavy atom. The second-order valence-electron chi connectivity index (χ2n) is 6.08. The third kappa shape index (κ3) is 4.44. The third-order valence-electron chi connectivity index (χ3n) is 4.21. The number of benzene rings is 1. The average Bonchev–Trinajstić information content (AvgIpc) is 2.91. The second-order valence-corrected chi connectivity index (χ2v) is 8.90. The lowest BCUT2D eigenvalue weighted by Crippen LogP contribution is -2.41. The molecule has 0 radical (unpaired) electrons. The van der Waals surface area contributed by atoms with Gasteiger partial charge < -0.3 is 4.74 Å². The van der Waals surface area contributed by atoms with E-state index in [1.54, 1.807) is 12.1 Å². The molecule has 1 aliphatic carbocycles. The lowest BCUT2D eigenvalue weighted by atomic mass is 10.1. The zero-order valence-electron chi connectivity index (χ0n) is 14.6. The standard InChI is InChI=1S/C18H22N2O4S2/c1-2-24-14-8-10-15(11-9-14)26(22,23)20-19-18(21)17-12-13-6-4-3-5-7-16(13)25-17/h8-12,20H,2-7H2,1H3,(H,19,21). The van der Waals surface area contributed by atoms with Crippen LogP contribution in [0.5, 0.6) is 5.75 Å². The van der Waals surface area contributed by atoms with Gasteiger partial charge in [-0.2, -0.15) is 0 Å². The van der Waals surface area contributed by atoms with Gasteiger partial charge in [-0.25, -0.2) is 8.42 Å². The highest BCUT2D eigenvalue weighted by Gasteiger charge is 2.19. The highest BCUT2D eigenvalue weighted by Crippen LogP contribution is 2.28. The Morgan fingerprint density at radius 2 is 1.88 bits per heavy atom. The monoisotopic (exact) mass is 394 g/mol. The molecular formula is C18H22N2O4S2. The van der Waals surface area contributed by atoms with E-state index in [1.807, 2.05) is 13.0 Å². The van der Waals surface area contributed by atoms with Gasteiger partial charge in [0.2, 0.25) is 0 Å². The van der Waals surface area contributed by atoms with Crippen molar-refractivity contribution < 1.29 is 17.9 Å². The van der Waals surface area contributed by atoms with Gasteiger partial charge in [0.15, 0.2) is 0 Å². The van der Waals surface area contributed by atoms with Gasteiger partial charge in [-0.15, -0.1) is 16.2 Å². The molecule has 3 rings (SSSR count). The number of amides is 1. The number of hydrogen-bond donors (Lipinski definition) is 2. The molecule has 1 aromatic carbocycles. The summed E-state index contributed by atoms with van der Waals surface area (Å²) in [4.78, 5) is 16.3. The molecule has 1 aliphatic rings. The number of carbonyl (C=O) groups is 1. The van der Waals surface area contributed by atoms with E-state index in [-0.39, 0.29) is 4.90 Å². The molecule has 140 valence electrons. The molecule has 0 bridgehead atoms. The maximum atomic E-state index is 12.3. The molecule has 2 aromatic rings. The number of sulfonamides is 1. The van der Waals surface area contributed by atoms with E-state index in [2.05, 4.69) is 10.3 Å². The number of hydrogen-bond acceptors (Lipinski definition) is 5. The summed E-state index contributed by atoms with van der Waals surface area (Å²) in [5.74, 6) is 0.160. The Balaban J connectivity index is 1.64. The van der Waals surface area contributed by atoms with Crippen molar-refractivity contribution >= 4 is 27.3 Å². The van der Waals surface area contributed by atoms with Crippen LogP contribution in [0.2, 0.25) is 0 Å². The van der Waals surface area contributed by atoms with Crippen molar-refractivity contribution in [2.45, 2.75) is 43.9 Å². The van der Waals surface area contributed by atoms with Crippen molar-refractivity contribution in [3.8, 4) is 5.75 Å². The molecule has 0 atom stereocenters. The molecule has 0 unspecified atom stereocenters. The molecule has 26 heavy (non-hydrogen) atoms. The molecule has 0 spiro atoms. The van der Waals surface area contributed by atoms with E-state index in [0.717, 1.165) is 25.7 Å². The van der Waals surface area contributed by atoms with Crippen molar-refractivity contribution in [3.05, 3.63) is 45.6 Å². The SMILES string of the molecule is CCOc1ccc(S(=O)(=O)NNC(=O)c2cc3c(s2)CCCCC3)cc1. The number of hydrazine groups is 1. The molecule has 8 heteroatoms. The molecule has 1 aromatic heterocycles. The topological polar surface area (TPSA) is 84.5 Å². The minimum Gasteiger partial charge on any atom is -0.494 e. The predicted octanol–water partition coefficient (Wildman–Crippen LogP) is 3.04. The minimum absolute atomic E-state index is 0.0585. The number of rotatable bonds is 6. The number of carbonyl (C=O) groups excluding carboxylic acids is 1. The summed E-state index contributed by atoms with van der Waals surface area (Å²) in [5, 5.41) is 0. The first-order chi connectivity index (χ1) is 12.5. The Morgan fingerprint density at radius 1 is 1.15 bits per heavy atom. The highest BCUT2D eigenvalue weighted by molar-refractivity contribution is 7.89. The molecule has 6 nitrogen and oxygen atoms in total. The van der Waals surface area contributed by atoms with Crippen LogP contribution in [0, 0.1) is 0 Å². The predicted molar refractivity (Wildman–Crippen MR) is 101 cm³/mol. The Labute approximate surface area is 157 Å². The molecule has 0 saturated heterocycles. The van der Waals surface area contributed by atoms with Gasteiger partial charge in [-0.1, -0.05) is 6.42 Å². The maximum Gasteiger partial charge on any atom is 0.276 e. The van der Waals surface area contributed by atoms with Crippen LogP contribution < -0.4 is 15.0 Å². The van der Waals surface area contributed by atoms with Crippen molar-refractivity contribution in [1.29, 1.82) is 0 Å². The fraction of sp³-hybridized carbons (Fsp3) is 0.389. The van der Waals surface area contributed by atoms with Crippen LogP contribution >= 0.6 is 11.3 Å². The van der Waals surface area contributed by atoms with E-state index in [1.165, 1.54) is 40.3 Å². The van der Waals surface area contributed by atoms with E-state index >= 15 is 0 Å². The van der Waals surface area contributed by atoms with E-state index < -0.39 is 15.9 Å². The van der Waals surface area contributed by atoms with Gasteiger partial charge in [0.25, 0.3) is 15.9 Å². The maximum absolute atomic E-state index is 12.3. The summed E-state index contributed by atoms with van der Waals surface area (Å²) >= 11 is 1.45. The number of nitrogens with one attached hydrogen (secondary N) is 2. The fourth-order valence-electron chi connectivity index (χ4n) is 2.90. The molecular weight excluding hydrogens is 372 g/mol. The quantitative estimate of drug-likeness (QED) is 0.583. The second kappa shape index (κ2) is 8.20. The minimum atomic E-state index is -3.84. The number of fused-ring (bicyclic) bond motifs is 1. The molecule has 0 saturated carbocycles. The van der Waals surface area contributed by atoms with Crippen LogP contribution in [-0.4, -0.2) is 20.9 Å². The summed E-state index contributed by atoms with van der Waals surface area (Å²) in [6.07, 6.45) is 5.46. The first-order valence-corrected chi connectivity index (χ1v) is 11.0. The smallest absolute Gasteiger partial charge is 0.276 e. The molecule has 0 aliphatic heterocycles. The van der Waals surface area contributed by atoms with Crippen LogP contribution in [0.25, 0.3) is 0 Å². The van der Waals surface area contributed by atoms with E-state index in [9.17, 15) is 13.2 Å². The highest BCUT2D eigenvalue weighted by atomic mass is 32.2. The summed E-state index contributed by atoms with van der Waals surface area (Å²) in [7, 11) is -3.84. The number of aryl methyl sites for hydroxylation is 2. The van der Waals surface area contributed by atoms with Gasteiger partial charge in [-0.3, -0.25) is 10.2 Å². The first-order valence-electron chi connectivity index (χ1n) is 8.66. The molecule has 1 amide bonds. The van der Waals surface area contributed by atoms with Gasteiger partial charge in [0, 0.05) is 4.88 Å². The van der Waals surface area contributed by atoms with Gasteiger partial charge in [0.05, 0.1) is 16.4 Å². The Kier molecular flexibility index (Phi) is 5.95. The third-order valence-corrected chi connectivity index (χ3v) is 6.71. The normalized spacial score (nSPS) is 14.3. The van der Waals surface area contributed by atoms with Gasteiger partial charge in [0.1, 0.15) is 5.75 Å². The number of ether oxygens (including phenoxy) is 1. The fourth-order valence-corrected chi connectivity index (χ4v) is 4.88. The van der Waals surface area contributed by atoms with Crippen LogP contribution in [0.1, 0.15) is 46.3 Å². The summed E-state index contributed by atoms with van der Waals surface area (Å²) in [6.45, 7) is 2.36. The number of thiophene rings is 1. The van der Waals surface area contributed by atoms with Gasteiger partial charge in [-0.05, 0) is 68.5 Å². The van der Waals surface area contributed by atoms with Crippen molar-refractivity contribution in [2.75, 3.05) is 6.61 Å². The summed E-state index contributed by atoms with van der Waals surface area (Å²) in [6, 6.07) is 7.91. The molecule has 0 fully saturated rings. The van der Waals surface area contributed by atoms with Crippen LogP contribution in [0.4, 0.5) is 0 Å². The van der Waals surface area contributed by atoms with Crippen molar-refractivity contribution in [3.63, 3.8) is 0 Å². The Hall–Kier alpha value is -1.90. The van der Waals surface area contributed by atoms with Crippen LogP contribution in [0.3, 0.4) is 0 Å². The molecule has 1 heterocycles. The van der Waals surface area contributed by atoms with Gasteiger partial charge >= 0.3 is 0 Å². The lowest BCUT2D eigenvalue weighted by Gasteiger charge is -2.08. The summed E-state index contributed by atoms with van der Waals surface area (Å²) in [5.41, 5.74) is 3.52. The van der Waals surface area contributed by atoms with Crippen molar-refractivity contribution in [2.24, 2.45) is 0 Å². The van der Waals surface area contributed by atoms with Crippen LogP contribution in [0.15, 0.2) is 35.2 Å². The summed E-state index contributed by atoms with van der Waals surface area (Å²) < 4.78 is 29.9. The van der Waals surface area contributed by atoms with E-state index in [0.29, 0.717) is 17.2 Å². The first kappa shape index (κ1) is 18.9. The van der Waals surface area contributed by atoms with Crippen LogP contribution in [-0.2, 0) is 22.9 Å². The zero-order chi connectivity index (χ0) is 18.6. The van der Waals surface area contributed by atoms with Crippen molar-refractivity contribution in [1.82, 2.24) is 10.3 Å². The zero-order valence-corrected chi connectivity index (χ0v) is 16.2. The lowest BCUT2D eigenvalue weighted by molar-refractivity contribution is 0.0949. The average molecular weight is 395 g/mol.